The topological polar surface area (TPSA) is 125 Å². The summed E-state index contributed by atoms with van der Waals surface area (Å²) in [5, 5.41) is 2.78. The Balaban J connectivity index is 1.89. The van der Waals surface area contributed by atoms with Gasteiger partial charge in [0.1, 0.15) is 11.9 Å². The largest absolute Gasteiger partial charge is 0.350 e. The first-order chi connectivity index (χ1) is 15.5. The predicted molar refractivity (Wildman–Crippen MR) is 126 cm³/mol. The summed E-state index contributed by atoms with van der Waals surface area (Å²) in [4.78, 5) is 17.8. The lowest BCUT2D eigenvalue weighted by Gasteiger charge is -2.20. The number of carbonyl (C=O) groups excluding carboxylic acids is 1. The molecule has 33 heavy (non-hydrogen) atoms. The molecule has 11 heteroatoms. The van der Waals surface area contributed by atoms with Crippen LogP contribution >= 0.6 is 0 Å². The minimum absolute atomic E-state index is 0.0117. The quantitative estimate of drug-likeness (QED) is 0.580. The molecule has 1 aliphatic heterocycles. The van der Waals surface area contributed by atoms with Crippen molar-refractivity contribution in [3.8, 4) is 0 Å². The van der Waals surface area contributed by atoms with Gasteiger partial charge in [-0.15, -0.1) is 0 Å². The van der Waals surface area contributed by atoms with Crippen molar-refractivity contribution in [1.29, 1.82) is 0 Å². The Labute approximate surface area is 195 Å². The Morgan fingerprint density at radius 3 is 2.42 bits per heavy atom. The predicted octanol–water partition coefficient (Wildman–Crippen LogP) is 1.71. The van der Waals surface area contributed by atoms with Crippen LogP contribution in [0.2, 0.25) is 0 Å². The van der Waals surface area contributed by atoms with E-state index in [1.54, 1.807) is 36.4 Å². The first-order valence-electron chi connectivity index (χ1n) is 10.5. The van der Waals surface area contributed by atoms with Crippen molar-refractivity contribution in [3.63, 3.8) is 0 Å². The lowest BCUT2D eigenvalue weighted by Crippen LogP contribution is -2.39. The van der Waals surface area contributed by atoms with Gasteiger partial charge in [0.15, 0.2) is 0 Å². The molecular formula is C22H28N4O5S2. The Kier molecular flexibility index (Phi) is 7.25. The second kappa shape index (κ2) is 9.62. The lowest BCUT2D eigenvalue weighted by molar-refractivity contribution is -0.123. The molecule has 2 atom stereocenters. The van der Waals surface area contributed by atoms with Crippen LogP contribution in [0, 0.1) is 5.92 Å². The average molecular weight is 493 g/mol. The van der Waals surface area contributed by atoms with Crippen LogP contribution in [0.15, 0.2) is 63.3 Å². The molecule has 9 nitrogen and oxygen atoms in total. The zero-order valence-corrected chi connectivity index (χ0v) is 20.6. The summed E-state index contributed by atoms with van der Waals surface area (Å²) >= 11 is 0. The Morgan fingerprint density at radius 2 is 1.76 bits per heavy atom. The van der Waals surface area contributed by atoms with E-state index < -0.39 is 32.0 Å². The molecule has 0 unspecified atom stereocenters. The molecule has 1 aliphatic rings. The summed E-state index contributed by atoms with van der Waals surface area (Å²) in [7, 11) is -4.52. The zero-order valence-electron chi connectivity index (χ0n) is 18.9. The molecule has 178 valence electrons. The standard InChI is InChI=1S/C22H28N4O5S2/c1-5-15(2)20(24-21-17-11-7-9-13-19(17)32(28,29)25-21)22(27)23-14-16-10-6-8-12-18(16)33(30,31)26(3)4/h6-13,15,20H,5,14H2,1-4H3,(H,23,27)(H,24,25)/t15-,20-/m0/s1. The Bertz CT molecular complexity index is 1290. The summed E-state index contributed by atoms with van der Waals surface area (Å²) in [5.74, 6) is -0.477. The number of nitrogens with one attached hydrogen (secondary N) is 2. The maximum absolute atomic E-state index is 13.1. The van der Waals surface area contributed by atoms with E-state index in [0.29, 0.717) is 17.5 Å². The summed E-state index contributed by atoms with van der Waals surface area (Å²) in [6.45, 7) is 3.76. The fourth-order valence-corrected chi connectivity index (χ4v) is 5.78. The van der Waals surface area contributed by atoms with Crippen molar-refractivity contribution in [2.75, 3.05) is 14.1 Å². The molecule has 0 fully saturated rings. The minimum atomic E-state index is -3.73. The van der Waals surface area contributed by atoms with Gasteiger partial charge in [-0.1, -0.05) is 50.6 Å². The molecule has 0 aromatic heterocycles. The van der Waals surface area contributed by atoms with Crippen LogP contribution in [0.3, 0.4) is 0 Å². The zero-order chi connectivity index (χ0) is 24.4. The summed E-state index contributed by atoms with van der Waals surface area (Å²) < 4.78 is 53.6. The van der Waals surface area contributed by atoms with E-state index in [2.05, 4.69) is 15.0 Å². The molecule has 2 aromatic carbocycles. The van der Waals surface area contributed by atoms with Gasteiger partial charge in [0.2, 0.25) is 15.9 Å². The molecule has 0 saturated heterocycles. The monoisotopic (exact) mass is 492 g/mol. The van der Waals surface area contributed by atoms with Gasteiger partial charge < -0.3 is 5.32 Å². The molecule has 1 heterocycles. The molecular weight excluding hydrogens is 464 g/mol. The van der Waals surface area contributed by atoms with E-state index in [1.165, 1.54) is 26.2 Å². The highest BCUT2D eigenvalue weighted by molar-refractivity contribution is 7.90. The maximum Gasteiger partial charge on any atom is 0.263 e. The third kappa shape index (κ3) is 5.10. The number of amides is 1. The fourth-order valence-electron chi connectivity index (χ4n) is 3.42. The van der Waals surface area contributed by atoms with Crippen molar-refractivity contribution in [2.24, 2.45) is 10.9 Å². The number of sulfonamides is 2. The van der Waals surface area contributed by atoms with Crippen molar-refractivity contribution < 1.29 is 21.6 Å². The molecule has 0 spiro atoms. The van der Waals surface area contributed by atoms with Crippen molar-refractivity contribution in [2.45, 2.75) is 42.6 Å². The minimum Gasteiger partial charge on any atom is -0.350 e. The number of hydrogen-bond donors (Lipinski definition) is 2. The Hall–Kier alpha value is -2.76. The Morgan fingerprint density at radius 1 is 1.12 bits per heavy atom. The van der Waals surface area contributed by atoms with Crippen LogP contribution in [0.25, 0.3) is 0 Å². The molecule has 3 rings (SSSR count). The van der Waals surface area contributed by atoms with Crippen LogP contribution in [0.5, 0.6) is 0 Å². The third-order valence-electron chi connectivity index (χ3n) is 5.57. The number of carbonyl (C=O) groups is 1. The number of benzene rings is 2. The van der Waals surface area contributed by atoms with E-state index in [4.69, 9.17) is 0 Å². The lowest BCUT2D eigenvalue weighted by atomic mass is 9.98. The second-order valence-corrected chi connectivity index (χ2v) is 11.8. The van der Waals surface area contributed by atoms with Crippen LogP contribution in [-0.4, -0.2) is 53.0 Å². The molecule has 0 radical (unpaired) electrons. The van der Waals surface area contributed by atoms with E-state index in [-0.39, 0.29) is 28.1 Å². The van der Waals surface area contributed by atoms with Crippen molar-refractivity contribution >= 4 is 31.8 Å². The number of nitrogens with zero attached hydrogens (tertiary/aromatic N) is 2. The number of fused-ring (bicyclic) bond motifs is 1. The van der Waals surface area contributed by atoms with Gasteiger partial charge in [-0.2, -0.15) is 0 Å². The van der Waals surface area contributed by atoms with Gasteiger partial charge in [0.05, 0.1) is 9.79 Å². The SMILES string of the molecule is CC[C@H](C)[C@H](N=C1NS(=O)(=O)c2ccccc21)C(=O)NCc1ccccc1S(=O)(=O)N(C)C. The highest BCUT2D eigenvalue weighted by Gasteiger charge is 2.33. The first kappa shape index (κ1) is 24.9. The van der Waals surface area contributed by atoms with Crippen LogP contribution in [0.1, 0.15) is 31.4 Å². The van der Waals surface area contributed by atoms with E-state index in [9.17, 15) is 21.6 Å². The van der Waals surface area contributed by atoms with Crippen LogP contribution < -0.4 is 10.0 Å². The average Bonchev–Trinajstić information content (AvgIpc) is 3.05. The highest BCUT2D eigenvalue weighted by atomic mass is 32.2. The third-order valence-corrected chi connectivity index (χ3v) is 8.88. The number of amidine groups is 1. The van der Waals surface area contributed by atoms with Gasteiger partial charge in [-0.3, -0.25) is 14.5 Å². The smallest absolute Gasteiger partial charge is 0.263 e. The van der Waals surface area contributed by atoms with Gasteiger partial charge in [0.25, 0.3) is 10.0 Å². The van der Waals surface area contributed by atoms with Gasteiger partial charge in [0, 0.05) is 26.2 Å². The number of aliphatic imine (C=N–C) groups is 1. The van der Waals surface area contributed by atoms with E-state index in [0.717, 1.165) is 4.31 Å². The van der Waals surface area contributed by atoms with Gasteiger partial charge >= 0.3 is 0 Å². The number of hydrogen-bond acceptors (Lipinski definition) is 6. The molecule has 2 aromatic rings. The highest BCUT2D eigenvalue weighted by Crippen LogP contribution is 2.24. The summed E-state index contributed by atoms with van der Waals surface area (Å²) in [6.07, 6.45) is 0.634. The van der Waals surface area contributed by atoms with Gasteiger partial charge in [-0.05, 0) is 29.7 Å². The first-order valence-corrected chi connectivity index (χ1v) is 13.4. The summed E-state index contributed by atoms with van der Waals surface area (Å²) in [6, 6.07) is 12.1. The summed E-state index contributed by atoms with van der Waals surface area (Å²) in [5.41, 5.74) is 0.864. The molecule has 0 aliphatic carbocycles. The fraction of sp³-hybridized carbons (Fsp3) is 0.364. The van der Waals surface area contributed by atoms with Crippen LogP contribution in [0.4, 0.5) is 0 Å². The number of rotatable bonds is 8. The normalized spacial score (nSPS) is 17.9. The van der Waals surface area contributed by atoms with E-state index in [1.807, 2.05) is 13.8 Å². The second-order valence-electron chi connectivity index (χ2n) is 8.02. The van der Waals surface area contributed by atoms with Gasteiger partial charge in [-0.25, -0.2) is 21.1 Å². The molecule has 0 saturated carbocycles. The molecule has 2 N–H and O–H groups in total. The van der Waals surface area contributed by atoms with E-state index >= 15 is 0 Å². The molecule has 1 amide bonds. The van der Waals surface area contributed by atoms with Crippen molar-refractivity contribution in [1.82, 2.24) is 14.3 Å². The van der Waals surface area contributed by atoms with Crippen molar-refractivity contribution in [3.05, 3.63) is 59.7 Å². The molecule has 0 bridgehead atoms. The maximum atomic E-state index is 13.1. The van der Waals surface area contributed by atoms with Crippen LogP contribution in [-0.2, 0) is 31.4 Å².